The quantitative estimate of drug-likeness (QED) is 0.492. The highest BCUT2D eigenvalue weighted by Gasteiger charge is 2.25. The van der Waals surface area contributed by atoms with E-state index in [1.165, 1.54) is 10.9 Å². The lowest BCUT2D eigenvalue weighted by Crippen LogP contribution is -2.38. The van der Waals surface area contributed by atoms with Crippen molar-refractivity contribution in [2.45, 2.75) is 25.2 Å². The number of aromatic nitrogens is 2. The summed E-state index contributed by atoms with van der Waals surface area (Å²) in [6, 6.07) is 14.2. The van der Waals surface area contributed by atoms with E-state index in [2.05, 4.69) is 28.3 Å². The van der Waals surface area contributed by atoms with Crippen LogP contribution in [0.25, 0.3) is 21.8 Å². The molecule has 28 heavy (non-hydrogen) atoms. The van der Waals surface area contributed by atoms with E-state index in [9.17, 15) is 4.79 Å². The molecule has 1 fully saturated rings. The first kappa shape index (κ1) is 17.4. The summed E-state index contributed by atoms with van der Waals surface area (Å²) in [6.07, 6.45) is 6.52. The lowest BCUT2D eigenvalue weighted by molar-refractivity contribution is -0.131. The molecule has 0 radical (unpaired) electrons. The van der Waals surface area contributed by atoms with Crippen LogP contribution in [-0.4, -0.2) is 33.9 Å². The average molecular weight is 392 g/mol. The van der Waals surface area contributed by atoms with Gasteiger partial charge in [-0.15, -0.1) is 0 Å². The van der Waals surface area contributed by atoms with E-state index in [-0.39, 0.29) is 5.91 Å². The molecule has 4 nitrogen and oxygen atoms in total. The third kappa shape index (κ3) is 3.08. The molecule has 0 bridgehead atoms. The van der Waals surface area contributed by atoms with Gasteiger partial charge in [0.25, 0.3) is 0 Å². The Balaban J connectivity index is 1.27. The van der Waals surface area contributed by atoms with E-state index in [1.54, 1.807) is 0 Å². The Labute approximate surface area is 168 Å². The topological polar surface area (TPSA) is 51.9 Å². The predicted molar refractivity (Wildman–Crippen MR) is 114 cm³/mol. The monoisotopic (exact) mass is 391 g/mol. The molecular weight excluding hydrogens is 370 g/mol. The summed E-state index contributed by atoms with van der Waals surface area (Å²) in [5.74, 6) is 0.695. The number of hydrogen-bond donors (Lipinski definition) is 2. The molecule has 1 amide bonds. The summed E-state index contributed by atoms with van der Waals surface area (Å²) in [6.45, 7) is 1.62. The van der Waals surface area contributed by atoms with Crippen LogP contribution in [0.1, 0.15) is 29.9 Å². The zero-order valence-electron chi connectivity index (χ0n) is 15.5. The van der Waals surface area contributed by atoms with Gasteiger partial charge in [0, 0.05) is 52.3 Å². The van der Waals surface area contributed by atoms with E-state index in [1.807, 2.05) is 41.4 Å². The van der Waals surface area contributed by atoms with Crippen LogP contribution in [0.2, 0.25) is 5.02 Å². The van der Waals surface area contributed by atoms with Gasteiger partial charge in [0.05, 0.1) is 6.42 Å². The van der Waals surface area contributed by atoms with E-state index in [4.69, 9.17) is 11.6 Å². The minimum absolute atomic E-state index is 0.217. The lowest BCUT2D eigenvalue weighted by atomic mass is 9.89. The molecule has 2 aromatic carbocycles. The number of nitrogens with one attached hydrogen (secondary N) is 2. The van der Waals surface area contributed by atoms with Crippen LogP contribution >= 0.6 is 11.6 Å². The third-order valence-electron chi connectivity index (χ3n) is 5.98. The van der Waals surface area contributed by atoms with Crippen molar-refractivity contribution in [3.63, 3.8) is 0 Å². The van der Waals surface area contributed by atoms with E-state index in [0.717, 1.165) is 52.9 Å². The second-order valence-corrected chi connectivity index (χ2v) is 8.06. The van der Waals surface area contributed by atoms with Crippen molar-refractivity contribution in [3.8, 4) is 0 Å². The molecular formula is C23H22ClN3O. The molecule has 0 spiro atoms. The number of nitrogens with zero attached hydrogens (tertiary/aromatic N) is 1. The van der Waals surface area contributed by atoms with Crippen LogP contribution in [-0.2, 0) is 11.2 Å². The zero-order chi connectivity index (χ0) is 19.1. The normalized spacial score (nSPS) is 15.5. The van der Waals surface area contributed by atoms with Crippen molar-refractivity contribution in [3.05, 3.63) is 71.0 Å². The molecule has 0 unspecified atom stereocenters. The predicted octanol–water partition coefficient (Wildman–Crippen LogP) is 5.25. The van der Waals surface area contributed by atoms with Crippen molar-refractivity contribution in [1.29, 1.82) is 0 Å². The molecule has 2 aromatic heterocycles. The minimum Gasteiger partial charge on any atom is -0.361 e. The van der Waals surface area contributed by atoms with Crippen LogP contribution in [0.4, 0.5) is 0 Å². The smallest absolute Gasteiger partial charge is 0.227 e. The van der Waals surface area contributed by atoms with Crippen molar-refractivity contribution in [2.24, 2.45) is 0 Å². The van der Waals surface area contributed by atoms with Gasteiger partial charge in [0.15, 0.2) is 0 Å². The first-order chi connectivity index (χ1) is 13.7. The Kier molecular flexibility index (Phi) is 4.36. The van der Waals surface area contributed by atoms with Gasteiger partial charge in [-0.3, -0.25) is 4.79 Å². The van der Waals surface area contributed by atoms with Crippen LogP contribution in [0.15, 0.2) is 54.9 Å². The Hall–Kier alpha value is -2.72. The minimum atomic E-state index is 0.217. The van der Waals surface area contributed by atoms with Gasteiger partial charge in [-0.25, -0.2) is 0 Å². The Morgan fingerprint density at radius 1 is 1.00 bits per heavy atom. The second kappa shape index (κ2) is 7.02. The van der Waals surface area contributed by atoms with Gasteiger partial charge < -0.3 is 14.9 Å². The summed E-state index contributed by atoms with van der Waals surface area (Å²) >= 11 is 6.10. The molecule has 0 saturated carbocycles. The summed E-state index contributed by atoms with van der Waals surface area (Å²) in [5.41, 5.74) is 4.59. The number of piperidine rings is 1. The first-order valence-corrected chi connectivity index (χ1v) is 10.2. The maximum atomic E-state index is 12.8. The molecule has 1 aliphatic rings. The molecule has 2 N–H and O–H groups in total. The largest absolute Gasteiger partial charge is 0.361 e. The highest BCUT2D eigenvalue weighted by Crippen LogP contribution is 2.34. The number of halogens is 1. The van der Waals surface area contributed by atoms with Gasteiger partial charge in [-0.2, -0.15) is 0 Å². The molecule has 1 saturated heterocycles. The molecule has 3 heterocycles. The Bertz CT molecular complexity index is 1150. The molecule has 4 aromatic rings. The summed E-state index contributed by atoms with van der Waals surface area (Å²) in [5, 5.41) is 3.13. The number of rotatable bonds is 3. The van der Waals surface area contributed by atoms with E-state index in [0.29, 0.717) is 12.3 Å². The number of amides is 1. The fourth-order valence-electron chi connectivity index (χ4n) is 4.45. The molecule has 5 heteroatoms. The van der Waals surface area contributed by atoms with Gasteiger partial charge in [-0.05, 0) is 48.1 Å². The molecule has 142 valence electrons. The first-order valence-electron chi connectivity index (χ1n) is 9.78. The standard InChI is InChI=1S/C23H22ClN3O/c24-17-5-6-19-20(14-26-22(19)12-17)15-7-9-27(10-8-15)23(28)11-16-13-25-21-4-2-1-3-18(16)21/h1-6,12-15,25-26H,7-11H2. The number of benzene rings is 2. The summed E-state index contributed by atoms with van der Waals surface area (Å²) in [7, 11) is 0. The van der Waals surface area contributed by atoms with Gasteiger partial charge in [0.1, 0.15) is 0 Å². The van der Waals surface area contributed by atoms with E-state index < -0.39 is 0 Å². The third-order valence-corrected chi connectivity index (χ3v) is 6.21. The van der Waals surface area contributed by atoms with Crippen LogP contribution in [0.5, 0.6) is 0 Å². The molecule has 0 aliphatic carbocycles. The number of H-pyrrole nitrogens is 2. The van der Waals surface area contributed by atoms with Crippen molar-refractivity contribution in [2.75, 3.05) is 13.1 Å². The fraction of sp³-hybridized carbons (Fsp3) is 0.261. The number of carbonyl (C=O) groups excluding carboxylic acids is 1. The van der Waals surface area contributed by atoms with Crippen LogP contribution in [0.3, 0.4) is 0 Å². The van der Waals surface area contributed by atoms with Gasteiger partial charge in [-0.1, -0.05) is 35.9 Å². The van der Waals surface area contributed by atoms with Crippen LogP contribution in [0, 0.1) is 0 Å². The average Bonchev–Trinajstić information content (AvgIpc) is 3.32. The highest BCUT2D eigenvalue weighted by molar-refractivity contribution is 6.31. The van der Waals surface area contributed by atoms with Crippen molar-refractivity contribution in [1.82, 2.24) is 14.9 Å². The van der Waals surface area contributed by atoms with Crippen LogP contribution < -0.4 is 0 Å². The number of hydrogen-bond acceptors (Lipinski definition) is 1. The zero-order valence-corrected chi connectivity index (χ0v) is 16.3. The maximum Gasteiger partial charge on any atom is 0.227 e. The number of likely N-dealkylation sites (tertiary alicyclic amines) is 1. The Morgan fingerprint density at radius 3 is 2.64 bits per heavy atom. The Morgan fingerprint density at radius 2 is 1.79 bits per heavy atom. The number of carbonyl (C=O) groups is 1. The second-order valence-electron chi connectivity index (χ2n) is 7.63. The van der Waals surface area contributed by atoms with Crippen molar-refractivity contribution < 1.29 is 4.79 Å². The SMILES string of the molecule is O=C(Cc1c[nH]c2ccccc12)N1CCC(c2c[nH]c3cc(Cl)ccc23)CC1. The molecule has 0 atom stereocenters. The van der Waals surface area contributed by atoms with Crippen molar-refractivity contribution >= 4 is 39.3 Å². The number of aromatic amines is 2. The van der Waals surface area contributed by atoms with Gasteiger partial charge >= 0.3 is 0 Å². The lowest BCUT2D eigenvalue weighted by Gasteiger charge is -2.32. The number of para-hydroxylation sites is 1. The highest BCUT2D eigenvalue weighted by atomic mass is 35.5. The number of fused-ring (bicyclic) bond motifs is 2. The maximum absolute atomic E-state index is 12.8. The summed E-state index contributed by atoms with van der Waals surface area (Å²) in [4.78, 5) is 21.5. The van der Waals surface area contributed by atoms with Gasteiger partial charge in [0.2, 0.25) is 5.91 Å². The molecule has 5 rings (SSSR count). The van der Waals surface area contributed by atoms with E-state index >= 15 is 0 Å². The molecule has 1 aliphatic heterocycles. The fourth-order valence-corrected chi connectivity index (χ4v) is 4.62. The summed E-state index contributed by atoms with van der Waals surface area (Å²) < 4.78 is 0.